The number of anilines is 1. The topological polar surface area (TPSA) is 116 Å². The number of aryl methyl sites for hydroxylation is 1. The van der Waals surface area contributed by atoms with Gasteiger partial charge in [0.25, 0.3) is 0 Å². The Hall–Kier alpha value is -2.75. The Morgan fingerprint density at radius 2 is 2.16 bits per heavy atom. The standard InChI is InChI=1S/C15H18N4O5S/c1-5-24-15(21)12-8(2)10(4)25-14(12)17-13(20)9(3)18-7-11(6-16-18)19(22)23/h6-7,9H,5H2,1-4H3,(H,17,20). The van der Waals surface area contributed by atoms with E-state index in [1.54, 1.807) is 20.8 Å². The van der Waals surface area contributed by atoms with Gasteiger partial charge in [0, 0.05) is 4.88 Å². The number of rotatable bonds is 6. The largest absolute Gasteiger partial charge is 0.462 e. The van der Waals surface area contributed by atoms with Crippen molar-refractivity contribution in [1.29, 1.82) is 0 Å². The summed E-state index contributed by atoms with van der Waals surface area (Å²) < 4.78 is 6.24. The van der Waals surface area contributed by atoms with Crippen LogP contribution in [-0.2, 0) is 9.53 Å². The number of hydrogen-bond acceptors (Lipinski definition) is 7. The van der Waals surface area contributed by atoms with E-state index in [4.69, 9.17) is 4.74 Å². The Bertz CT molecular complexity index is 826. The molecule has 0 aliphatic carbocycles. The highest BCUT2D eigenvalue weighted by Gasteiger charge is 2.25. The van der Waals surface area contributed by atoms with Gasteiger partial charge in [-0.05, 0) is 33.3 Å². The predicted octanol–water partition coefficient (Wildman–Crippen LogP) is 2.85. The molecule has 0 aromatic carbocycles. The third kappa shape index (κ3) is 3.85. The monoisotopic (exact) mass is 366 g/mol. The lowest BCUT2D eigenvalue weighted by Crippen LogP contribution is -2.24. The zero-order chi connectivity index (χ0) is 18.7. The molecule has 0 saturated carbocycles. The van der Waals surface area contributed by atoms with Crippen molar-refractivity contribution in [3.63, 3.8) is 0 Å². The average molecular weight is 366 g/mol. The van der Waals surface area contributed by atoms with Crippen molar-refractivity contribution in [3.8, 4) is 0 Å². The number of carbonyl (C=O) groups excluding carboxylic acids is 2. The Morgan fingerprint density at radius 1 is 1.48 bits per heavy atom. The number of esters is 1. The van der Waals surface area contributed by atoms with Crippen molar-refractivity contribution in [1.82, 2.24) is 9.78 Å². The molecule has 1 atom stereocenters. The molecular weight excluding hydrogens is 348 g/mol. The number of thiophene rings is 1. The van der Waals surface area contributed by atoms with Crippen LogP contribution in [0.25, 0.3) is 0 Å². The summed E-state index contributed by atoms with van der Waals surface area (Å²) in [5.41, 5.74) is 0.882. The zero-order valence-corrected chi connectivity index (χ0v) is 15.0. The van der Waals surface area contributed by atoms with Crippen molar-refractivity contribution < 1.29 is 19.2 Å². The molecule has 2 rings (SSSR count). The fourth-order valence-electron chi connectivity index (χ4n) is 2.13. The smallest absolute Gasteiger partial charge is 0.341 e. The first kappa shape index (κ1) is 18.6. The van der Waals surface area contributed by atoms with Crippen LogP contribution in [0.3, 0.4) is 0 Å². The molecule has 134 valence electrons. The van der Waals surface area contributed by atoms with Gasteiger partial charge in [-0.1, -0.05) is 0 Å². The predicted molar refractivity (Wildman–Crippen MR) is 92.0 cm³/mol. The first-order chi connectivity index (χ1) is 11.8. The quantitative estimate of drug-likeness (QED) is 0.477. The summed E-state index contributed by atoms with van der Waals surface area (Å²) in [6.45, 7) is 7.13. The molecule has 9 nitrogen and oxygen atoms in total. The molecule has 1 amide bonds. The van der Waals surface area contributed by atoms with Gasteiger partial charge in [0.05, 0.1) is 17.1 Å². The number of carbonyl (C=O) groups is 2. The molecule has 25 heavy (non-hydrogen) atoms. The Kier molecular flexibility index (Phi) is 5.52. The fraction of sp³-hybridized carbons (Fsp3) is 0.400. The molecule has 0 bridgehead atoms. The van der Waals surface area contributed by atoms with E-state index >= 15 is 0 Å². The fourth-order valence-corrected chi connectivity index (χ4v) is 3.19. The van der Waals surface area contributed by atoms with E-state index in [0.717, 1.165) is 16.6 Å². The molecular formula is C15H18N4O5S. The molecule has 2 heterocycles. The van der Waals surface area contributed by atoms with Crippen LogP contribution in [0, 0.1) is 24.0 Å². The highest BCUT2D eigenvalue weighted by molar-refractivity contribution is 7.16. The van der Waals surface area contributed by atoms with Crippen LogP contribution >= 0.6 is 11.3 Å². The number of ether oxygens (including phenoxy) is 1. The molecule has 0 fully saturated rings. The second kappa shape index (κ2) is 7.43. The second-order valence-electron chi connectivity index (χ2n) is 5.31. The molecule has 10 heteroatoms. The number of nitrogens with zero attached hydrogens (tertiary/aromatic N) is 3. The lowest BCUT2D eigenvalue weighted by Gasteiger charge is -2.12. The first-order valence-corrected chi connectivity index (χ1v) is 8.34. The van der Waals surface area contributed by atoms with Gasteiger partial charge < -0.3 is 10.1 Å². The van der Waals surface area contributed by atoms with Crippen molar-refractivity contribution >= 4 is 33.9 Å². The van der Waals surface area contributed by atoms with Crippen LogP contribution in [0.15, 0.2) is 12.4 Å². The van der Waals surface area contributed by atoms with Gasteiger partial charge in [0.2, 0.25) is 5.91 Å². The van der Waals surface area contributed by atoms with E-state index in [1.807, 2.05) is 6.92 Å². The number of nitrogens with one attached hydrogen (secondary N) is 1. The van der Waals surface area contributed by atoms with Crippen LogP contribution < -0.4 is 5.32 Å². The molecule has 0 saturated heterocycles. The highest BCUT2D eigenvalue weighted by Crippen LogP contribution is 2.33. The molecule has 2 aromatic heterocycles. The van der Waals surface area contributed by atoms with Crippen LogP contribution in [0.5, 0.6) is 0 Å². The maximum atomic E-state index is 12.5. The van der Waals surface area contributed by atoms with Gasteiger partial charge in [-0.3, -0.25) is 19.6 Å². The molecule has 0 radical (unpaired) electrons. The Balaban J connectivity index is 2.23. The summed E-state index contributed by atoms with van der Waals surface area (Å²) in [4.78, 5) is 35.6. The van der Waals surface area contributed by atoms with Crippen LogP contribution in [-0.4, -0.2) is 33.2 Å². The third-order valence-electron chi connectivity index (χ3n) is 3.68. The SMILES string of the molecule is CCOC(=O)c1c(NC(=O)C(C)n2cc([N+](=O)[O-])cn2)sc(C)c1C. The Labute approximate surface area is 147 Å². The van der Waals surface area contributed by atoms with E-state index in [0.29, 0.717) is 10.6 Å². The van der Waals surface area contributed by atoms with Gasteiger partial charge in [-0.2, -0.15) is 5.10 Å². The summed E-state index contributed by atoms with van der Waals surface area (Å²) in [7, 11) is 0. The van der Waals surface area contributed by atoms with Gasteiger partial charge in [0.1, 0.15) is 23.4 Å². The number of hydrogen-bond donors (Lipinski definition) is 1. The van der Waals surface area contributed by atoms with E-state index in [9.17, 15) is 19.7 Å². The minimum absolute atomic E-state index is 0.199. The normalized spacial score (nSPS) is 11.8. The highest BCUT2D eigenvalue weighted by atomic mass is 32.1. The number of nitro groups is 1. The molecule has 0 aliphatic rings. The second-order valence-corrected chi connectivity index (χ2v) is 6.53. The summed E-state index contributed by atoms with van der Waals surface area (Å²) in [6.07, 6.45) is 2.26. The van der Waals surface area contributed by atoms with Crippen molar-refractivity contribution in [2.24, 2.45) is 0 Å². The Morgan fingerprint density at radius 3 is 2.72 bits per heavy atom. The van der Waals surface area contributed by atoms with Crippen LogP contribution in [0.4, 0.5) is 10.7 Å². The van der Waals surface area contributed by atoms with E-state index in [2.05, 4.69) is 10.4 Å². The van der Waals surface area contributed by atoms with Gasteiger partial charge >= 0.3 is 11.7 Å². The van der Waals surface area contributed by atoms with E-state index in [-0.39, 0.29) is 12.3 Å². The van der Waals surface area contributed by atoms with Crippen molar-refractivity contribution in [3.05, 3.63) is 38.5 Å². The molecule has 1 N–H and O–H groups in total. The van der Waals surface area contributed by atoms with Gasteiger partial charge in [0.15, 0.2) is 0 Å². The van der Waals surface area contributed by atoms with Gasteiger partial charge in [-0.25, -0.2) is 4.79 Å². The molecule has 2 aromatic rings. The minimum Gasteiger partial charge on any atom is -0.462 e. The third-order valence-corrected chi connectivity index (χ3v) is 4.80. The average Bonchev–Trinajstić information content (AvgIpc) is 3.13. The van der Waals surface area contributed by atoms with E-state index < -0.39 is 22.8 Å². The van der Waals surface area contributed by atoms with Crippen molar-refractivity contribution in [2.75, 3.05) is 11.9 Å². The maximum Gasteiger partial charge on any atom is 0.341 e. The molecule has 1 unspecified atom stereocenters. The van der Waals surface area contributed by atoms with Gasteiger partial charge in [-0.15, -0.1) is 11.3 Å². The maximum absolute atomic E-state index is 12.5. The zero-order valence-electron chi connectivity index (χ0n) is 14.2. The van der Waals surface area contributed by atoms with Crippen LogP contribution in [0.1, 0.15) is 40.7 Å². The van der Waals surface area contributed by atoms with Crippen LogP contribution in [0.2, 0.25) is 0 Å². The summed E-state index contributed by atoms with van der Waals surface area (Å²) >= 11 is 1.28. The molecule has 0 aliphatic heterocycles. The van der Waals surface area contributed by atoms with Crippen molar-refractivity contribution in [2.45, 2.75) is 33.7 Å². The first-order valence-electron chi connectivity index (χ1n) is 7.52. The summed E-state index contributed by atoms with van der Waals surface area (Å²) in [6, 6.07) is -0.786. The summed E-state index contributed by atoms with van der Waals surface area (Å²) in [5.74, 6) is -0.938. The number of amides is 1. The number of aromatic nitrogens is 2. The lowest BCUT2D eigenvalue weighted by molar-refractivity contribution is -0.385. The lowest BCUT2D eigenvalue weighted by atomic mass is 10.1. The summed E-state index contributed by atoms with van der Waals surface area (Å²) in [5, 5.41) is 17.6. The minimum atomic E-state index is -0.786. The molecule has 0 spiro atoms. The van der Waals surface area contributed by atoms with E-state index in [1.165, 1.54) is 22.2 Å².